The van der Waals surface area contributed by atoms with E-state index in [1.165, 1.54) is 29.0 Å². The smallest absolute Gasteiger partial charge is 0.0941 e. The molecule has 1 nitrogen and oxygen atoms in total. The number of thiazole rings is 1. The average Bonchev–Trinajstić information content (AvgIpc) is 2.82. The van der Waals surface area contributed by atoms with Gasteiger partial charge in [-0.1, -0.05) is 48.8 Å². The summed E-state index contributed by atoms with van der Waals surface area (Å²) in [6, 6.07) is 8.49. The van der Waals surface area contributed by atoms with E-state index >= 15 is 0 Å². The molecule has 1 aliphatic rings. The second kappa shape index (κ2) is 6.00. The van der Waals surface area contributed by atoms with E-state index < -0.39 is 0 Å². The van der Waals surface area contributed by atoms with Gasteiger partial charge in [0.2, 0.25) is 0 Å². The van der Waals surface area contributed by atoms with E-state index in [1.807, 2.05) is 11.3 Å². The van der Waals surface area contributed by atoms with Gasteiger partial charge in [-0.15, -0.1) is 11.3 Å². The third-order valence-corrected chi connectivity index (χ3v) is 7.15. The quantitative estimate of drug-likeness (QED) is 0.588. The zero-order chi connectivity index (χ0) is 15.0. The molecule has 3 atom stereocenters. The second-order valence-electron chi connectivity index (χ2n) is 7.43. The summed E-state index contributed by atoms with van der Waals surface area (Å²) in [5, 5.41) is 1.31. The average molecular weight is 366 g/mol. The van der Waals surface area contributed by atoms with Crippen molar-refractivity contribution in [3.05, 3.63) is 29.3 Å². The van der Waals surface area contributed by atoms with Crippen LogP contribution < -0.4 is 0 Å². The minimum absolute atomic E-state index is 0.430. The SMILES string of the molecule is CC(C)(C)C1CCC(Br)C(Cc2nc3ccccc3s2)C1. The number of para-hydroxylation sites is 1. The normalized spacial score (nSPS) is 27.1. The predicted molar refractivity (Wildman–Crippen MR) is 96.3 cm³/mol. The summed E-state index contributed by atoms with van der Waals surface area (Å²) in [5.74, 6) is 1.56. The van der Waals surface area contributed by atoms with Crippen molar-refractivity contribution in [1.29, 1.82) is 0 Å². The van der Waals surface area contributed by atoms with Gasteiger partial charge >= 0.3 is 0 Å². The number of benzene rings is 1. The molecule has 1 aromatic carbocycles. The third kappa shape index (κ3) is 3.50. The minimum Gasteiger partial charge on any atom is -0.241 e. The van der Waals surface area contributed by atoms with Gasteiger partial charge in [0.1, 0.15) is 0 Å². The minimum atomic E-state index is 0.430. The molecule has 3 rings (SSSR count). The van der Waals surface area contributed by atoms with Crippen molar-refractivity contribution in [2.45, 2.75) is 51.3 Å². The fraction of sp³-hybridized carbons (Fsp3) is 0.611. The Morgan fingerprint density at radius 1 is 1.24 bits per heavy atom. The first-order chi connectivity index (χ1) is 9.93. The maximum atomic E-state index is 4.83. The molecule has 3 unspecified atom stereocenters. The summed E-state index contributed by atoms with van der Waals surface area (Å²) >= 11 is 5.80. The Kier molecular flexibility index (Phi) is 4.42. The van der Waals surface area contributed by atoms with Gasteiger partial charge in [-0.05, 0) is 48.6 Å². The predicted octanol–water partition coefficient (Wildman–Crippen LogP) is 6.06. The van der Waals surface area contributed by atoms with E-state index in [-0.39, 0.29) is 0 Å². The summed E-state index contributed by atoms with van der Waals surface area (Å²) in [5.41, 5.74) is 1.59. The van der Waals surface area contributed by atoms with Crippen LogP contribution in [-0.4, -0.2) is 9.81 Å². The van der Waals surface area contributed by atoms with E-state index in [2.05, 4.69) is 61.0 Å². The van der Waals surface area contributed by atoms with Crippen LogP contribution in [0.25, 0.3) is 10.2 Å². The number of alkyl halides is 1. The van der Waals surface area contributed by atoms with Crippen LogP contribution >= 0.6 is 27.3 Å². The van der Waals surface area contributed by atoms with Gasteiger partial charge < -0.3 is 0 Å². The van der Waals surface area contributed by atoms with Crippen LogP contribution in [0.3, 0.4) is 0 Å². The molecule has 0 amide bonds. The van der Waals surface area contributed by atoms with E-state index in [9.17, 15) is 0 Å². The molecule has 1 aliphatic carbocycles. The summed E-state index contributed by atoms with van der Waals surface area (Å²) in [7, 11) is 0. The molecular formula is C18H24BrNS. The number of nitrogens with zero attached hydrogens (tertiary/aromatic N) is 1. The van der Waals surface area contributed by atoms with Crippen LogP contribution in [-0.2, 0) is 6.42 Å². The number of hydrogen-bond acceptors (Lipinski definition) is 2. The van der Waals surface area contributed by atoms with Crippen molar-refractivity contribution in [2.75, 3.05) is 0 Å². The van der Waals surface area contributed by atoms with Crippen molar-refractivity contribution in [2.24, 2.45) is 17.3 Å². The number of fused-ring (bicyclic) bond motifs is 1. The Balaban J connectivity index is 1.75. The summed E-state index contributed by atoms with van der Waals surface area (Å²) in [4.78, 5) is 5.48. The van der Waals surface area contributed by atoms with E-state index in [0.717, 1.165) is 23.8 Å². The second-order valence-corrected chi connectivity index (χ2v) is 9.72. The molecule has 1 heterocycles. The molecule has 1 aromatic heterocycles. The molecule has 0 radical (unpaired) electrons. The molecule has 3 heteroatoms. The van der Waals surface area contributed by atoms with Crippen LogP contribution in [0.5, 0.6) is 0 Å². The maximum Gasteiger partial charge on any atom is 0.0941 e. The summed E-state index contributed by atoms with van der Waals surface area (Å²) in [6.07, 6.45) is 5.12. The number of halogens is 1. The molecule has 0 spiro atoms. The van der Waals surface area contributed by atoms with E-state index in [1.54, 1.807) is 0 Å². The van der Waals surface area contributed by atoms with Crippen LogP contribution in [0.2, 0.25) is 0 Å². The molecular weight excluding hydrogens is 342 g/mol. The topological polar surface area (TPSA) is 12.9 Å². The molecule has 0 N–H and O–H groups in total. The molecule has 1 fully saturated rings. The first-order valence-corrected chi connectivity index (χ1v) is 9.65. The van der Waals surface area contributed by atoms with Gasteiger partial charge in [-0.2, -0.15) is 0 Å². The Hall–Kier alpha value is -0.410. The highest BCUT2D eigenvalue weighted by atomic mass is 79.9. The molecule has 0 bridgehead atoms. The summed E-state index contributed by atoms with van der Waals surface area (Å²) < 4.78 is 1.32. The van der Waals surface area contributed by atoms with Crippen molar-refractivity contribution in [3.63, 3.8) is 0 Å². The van der Waals surface area contributed by atoms with Crippen LogP contribution in [0.4, 0.5) is 0 Å². The zero-order valence-corrected chi connectivity index (χ0v) is 15.5. The lowest BCUT2D eigenvalue weighted by molar-refractivity contribution is 0.146. The standard InChI is InChI=1S/C18H24BrNS/c1-18(2,3)13-8-9-14(19)12(10-13)11-17-20-15-6-4-5-7-16(15)21-17/h4-7,12-14H,8-11H2,1-3H3. The molecule has 21 heavy (non-hydrogen) atoms. The number of rotatable bonds is 2. The van der Waals surface area contributed by atoms with E-state index in [4.69, 9.17) is 4.98 Å². The van der Waals surface area contributed by atoms with Crippen LogP contribution in [0, 0.1) is 17.3 Å². The summed E-state index contributed by atoms with van der Waals surface area (Å²) in [6.45, 7) is 7.17. The highest BCUT2D eigenvalue weighted by molar-refractivity contribution is 9.09. The highest BCUT2D eigenvalue weighted by Crippen LogP contribution is 2.44. The lowest BCUT2D eigenvalue weighted by Crippen LogP contribution is -2.33. The lowest BCUT2D eigenvalue weighted by atomic mass is 9.68. The van der Waals surface area contributed by atoms with Gasteiger partial charge in [0, 0.05) is 11.2 Å². The fourth-order valence-corrected chi connectivity index (χ4v) is 5.18. The van der Waals surface area contributed by atoms with Gasteiger partial charge in [-0.3, -0.25) is 0 Å². The van der Waals surface area contributed by atoms with Crippen LogP contribution in [0.1, 0.15) is 45.0 Å². The molecule has 2 aromatic rings. The Morgan fingerprint density at radius 3 is 2.71 bits per heavy atom. The first-order valence-electron chi connectivity index (χ1n) is 7.92. The Morgan fingerprint density at radius 2 is 2.00 bits per heavy atom. The lowest BCUT2D eigenvalue weighted by Gasteiger charge is -2.40. The molecule has 1 saturated carbocycles. The molecule has 0 aliphatic heterocycles. The maximum absolute atomic E-state index is 4.83. The van der Waals surface area contributed by atoms with Gasteiger partial charge in [0.25, 0.3) is 0 Å². The van der Waals surface area contributed by atoms with E-state index in [0.29, 0.717) is 10.2 Å². The van der Waals surface area contributed by atoms with Crippen LogP contribution in [0.15, 0.2) is 24.3 Å². The Bertz CT molecular complexity index is 580. The number of aromatic nitrogens is 1. The third-order valence-electron chi connectivity index (χ3n) is 4.89. The molecule has 114 valence electrons. The largest absolute Gasteiger partial charge is 0.241 e. The van der Waals surface area contributed by atoms with Crippen molar-refractivity contribution >= 4 is 37.5 Å². The van der Waals surface area contributed by atoms with Gasteiger partial charge in [-0.25, -0.2) is 4.98 Å². The van der Waals surface area contributed by atoms with Gasteiger partial charge in [0.15, 0.2) is 0 Å². The van der Waals surface area contributed by atoms with Crippen molar-refractivity contribution in [3.8, 4) is 0 Å². The molecule has 0 saturated heterocycles. The monoisotopic (exact) mass is 365 g/mol. The number of hydrogen-bond donors (Lipinski definition) is 0. The zero-order valence-electron chi connectivity index (χ0n) is 13.1. The Labute approximate surface area is 140 Å². The van der Waals surface area contributed by atoms with Crippen molar-refractivity contribution in [1.82, 2.24) is 4.98 Å². The first kappa shape index (κ1) is 15.5. The fourth-order valence-electron chi connectivity index (χ4n) is 3.46. The highest BCUT2D eigenvalue weighted by Gasteiger charge is 2.35. The van der Waals surface area contributed by atoms with Gasteiger partial charge in [0.05, 0.1) is 15.2 Å². The van der Waals surface area contributed by atoms with Crippen molar-refractivity contribution < 1.29 is 0 Å².